The van der Waals surface area contributed by atoms with Crippen LogP contribution >= 0.6 is 0 Å². The summed E-state index contributed by atoms with van der Waals surface area (Å²) in [6.07, 6.45) is 8.31. The van der Waals surface area contributed by atoms with Crippen molar-refractivity contribution in [2.75, 3.05) is 18.0 Å². The minimum absolute atomic E-state index is 0.339. The predicted octanol–water partition coefficient (Wildman–Crippen LogP) is 3.63. The number of anilines is 1. The summed E-state index contributed by atoms with van der Waals surface area (Å²) in [6, 6.07) is 9.79. The maximum absolute atomic E-state index is 9.40. The number of benzene rings is 1. The van der Waals surface area contributed by atoms with E-state index in [1.54, 1.807) is 18.5 Å². The molecule has 0 radical (unpaired) electrons. The van der Waals surface area contributed by atoms with E-state index >= 15 is 0 Å². The SMILES string of the molecule is CCCc1cc(N2CCC(CCc3ccc(O)cc3)CC2)n2ncnc2n1. The zero-order valence-corrected chi connectivity index (χ0v) is 15.9. The molecule has 0 aliphatic carbocycles. The molecule has 1 aromatic carbocycles. The smallest absolute Gasteiger partial charge is 0.254 e. The van der Waals surface area contributed by atoms with Crippen LogP contribution < -0.4 is 4.90 Å². The molecule has 6 nitrogen and oxygen atoms in total. The number of rotatable bonds is 6. The molecule has 1 N–H and O–H groups in total. The van der Waals surface area contributed by atoms with Gasteiger partial charge in [-0.05, 0) is 55.7 Å². The van der Waals surface area contributed by atoms with Crippen molar-refractivity contribution in [1.29, 1.82) is 0 Å². The lowest BCUT2D eigenvalue weighted by atomic mass is 9.90. The summed E-state index contributed by atoms with van der Waals surface area (Å²) in [5.74, 6) is 2.91. The number of fused-ring (bicyclic) bond motifs is 1. The summed E-state index contributed by atoms with van der Waals surface area (Å²) in [4.78, 5) is 11.3. The molecule has 142 valence electrons. The zero-order valence-electron chi connectivity index (χ0n) is 15.9. The number of nitrogens with zero attached hydrogens (tertiary/aromatic N) is 5. The van der Waals surface area contributed by atoms with E-state index in [0.717, 1.165) is 49.8 Å². The van der Waals surface area contributed by atoms with Gasteiger partial charge in [-0.2, -0.15) is 14.6 Å². The Hall–Kier alpha value is -2.63. The van der Waals surface area contributed by atoms with Crippen LogP contribution in [0, 0.1) is 5.92 Å². The predicted molar refractivity (Wildman–Crippen MR) is 106 cm³/mol. The molecule has 1 aliphatic heterocycles. The lowest BCUT2D eigenvalue weighted by Gasteiger charge is -2.33. The highest BCUT2D eigenvalue weighted by Crippen LogP contribution is 2.27. The van der Waals surface area contributed by atoms with E-state index in [0.29, 0.717) is 11.5 Å². The molecule has 2 aromatic heterocycles. The van der Waals surface area contributed by atoms with E-state index in [1.807, 2.05) is 16.6 Å². The van der Waals surface area contributed by atoms with Gasteiger partial charge in [0.2, 0.25) is 0 Å². The number of aromatic hydroxyl groups is 1. The van der Waals surface area contributed by atoms with Crippen molar-refractivity contribution in [2.24, 2.45) is 5.92 Å². The van der Waals surface area contributed by atoms with Crippen LogP contribution in [0.1, 0.15) is 43.9 Å². The Bertz CT molecular complexity index is 881. The van der Waals surface area contributed by atoms with Gasteiger partial charge in [0.25, 0.3) is 5.78 Å². The molecule has 0 unspecified atom stereocenters. The van der Waals surface area contributed by atoms with E-state index in [4.69, 9.17) is 0 Å². The molecule has 0 amide bonds. The van der Waals surface area contributed by atoms with E-state index in [9.17, 15) is 5.11 Å². The number of phenolic OH excluding ortho intramolecular Hbond substituents is 1. The molecule has 27 heavy (non-hydrogen) atoms. The lowest BCUT2D eigenvalue weighted by Crippen LogP contribution is -2.35. The lowest BCUT2D eigenvalue weighted by molar-refractivity contribution is 0.379. The summed E-state index contributed by atoms with van der Waals surface area (Å²) in [5.41, 5.74) is 2.40. The standard InChI is InChI=1S/C21H27N5O/c1-2-3-18-14-20(26-21(24-18)22-15-23-26)25-12-10-17(11-13-25)5-4-16-6-8-19(27)9-7-16/h6-9,14-15,17,27H,2-5,10-13H2,1H3. The molecule has 0 spiro atoms. The minimum Gasteiger partial charge on any atom is -0.508 e. The average molecular weight is 365 g/mol. The van der Waals surface area contributed by atoms with Crippen LogP contribution in [0.25, 0.3) is 5.78 Å². The summed E-state index contributed by atoms with van der Waals surface area (Å²) in [6.45, 7) is 4.27. The van der Waals surface area contributed by atoms with Gasteiger partial charge in [0.05, 0.1) is 0 Å². The number of phenols is 1. The van der Waals surface area contributed by atoms with Gasteiger partial charge in [0.1, 0.15) is 17.9 Å². The normalized spacial score (nSPS) is 15.5. The van der Waals surface area contributed by atoms with Crippen LogP contribution in [0.3, 0.4) is 0 Å². The third kappa shape index (κ3) is 4.04. The van der Waals surface area contributed by atoms with E-state index in [2.05, 4.69) is 33.0 Å². The maximum Gasteiger partial charge on any atom is 0.254 e. The monoisotopic (exact) mass is 365 g/mol. The quantitative estimate of drug-likeness (QED) is 0.722. The molecule has 1 fully saturated rings. The fraction of sp³-hybridized carbons (Fsp3) is 0.476. The Kier molecular flexibility index (Phi) is 5.23. The molecule has 6 heteroatoms. The van der Waals surface area contributed by atoms with Crippen LogP contribution in [0.15, 0.2) is 36.7 Å². The summed E-state index contributed by atoms with van der Waals surface area (Å²) < 4.78 is 1.87. The first kappa shape index (κ1) is 17.8. The zero-order chi connectivity index (χ0) is 18.6. The highest BCUT2D eigenvalue weighted by atomic mass is 16.3. The highest BCUT2D eigenvalue weighted by molar-refractivity contribution is 5.47. The van der Waals surface area contributed by atoms with E-state index in [-0.39, 0.29) is 0 Å². The molecule has 1 saturated heterocycles. The van der Waals surface area contributed by atoms with E-state index < -0.39 is 0 Å². The van der Waals surface area contributed by atoms with E-state index in [1.165, 1.54) is 24.8 Å². The van der Waals surface area contributed by atoms with Gasteiger partial charge in [0.15, 0.2) is 0 Å². The second kappa shape index (κ2) is 7.94. The molecule has 0 bridgehead atoms. The second-order valence-electron chi connectivity index (χ2n) is 7.46. The molecule has 3 aromatic rings. The van der Waals surface area contributed by atoms with Crippen LogP contribution in [-0.4, -0.2) is 37.8 Å². The van der Waals surface area contributed by atoms with Crippen molar-refractivity contribution in [3.05, 3.63) is 47.9 Å². The summed E-state index contributed by atoms with van der Waals surface area (Å²) in [5, 5.41) is 13.8. The van der Waals surface area contributed by atoms with Gasteiger partial charge in [-0.15, -0.1) is 0 Å². The molecule has 0 atom stereocenters. The van der Waals surface area contributed by atoms with Gasteiger partial charge in [-0.25, -0.2) is 4.98 Å². The number of aromatic nitrogens is 4. The van der Waals surface area contributed by atoms with Gasteiger partial charge in [-0.3, -0.25) is 0 Å². The summed E-state index contributed by atoms with van der Waals surface area (Å²) in [7, 11) is 0. The Morgan fingerprint density at radius 3 is 2.63 bits per heavy atom. The van der Waals surface area contributed by atoms with Crippen molar-refractivity contribution < 1.29 is 5.11 Å². The molecule has 3 heterocycles. The number of hydrogen-bond acceptors (Lipinski definition) is 5. The van der Waals surface area contributed by atoms with Gasteiger partial charge in [-0.1, -0.05) is 25.5 Å². The first-order valence-corrected chi connectivity index (χ1v) is 9.95. The molecule has 0 saturated carbocycles. The van der Waals surface area contributed by atoms with Crippen molar-refractivity contribution in [2.45, 2.75) is 45.4 Å². The molecular formula is C21H27N5O. The van der Waals surface area contributed by atoms with Crippen molar-refractivity contribution >= 4 is 11.6 Å². The molecule has 4 rings (SSSR count). The van der Waals surface area contributed by atoms with Crippen LogP contribution in [0.2, 0.25) is 0 Å². The number of piperidine rings is 1. The maximum atomic E-state index is 9.40. The first-order chi connectivity index (χ1) is 13.2. The number of aryl methyl sites for hydroxylation is 2. The average Bonchev–Trinajstić information content (AvgIpc) is 3.16. The third-order valence-corrected chi connectivity index (χ3v) is 5.51. The largest absolute Gasteiger partial charge is 0.508 e. The molecular weight excluding hydrogens is 338 g/mol. The number of hydrogen-bond donors (Lipinski definition) is 1. The van der Waals surface area contributed by atoms with Gasteiger partial charge >= 0.3 is 0 Å². The fourth-order valence-electron chi connectivity index (χ4n) is 3.94. The molecule has 1 aliphatic rings. The topological polar surface area (TPSA) is 66.5 Å². The minimum atomic E-state index is 0.339. The fourth-order valence-corrected chi connectivity index (χ4v) is 3.94. The Morgan fingerprint density at radius 1 is 1.11 bits per heavy atom. The Labute approximate surface area is 159 Å². The highest BCUT2D eigenvalue weighted by Gasteiger charge is 2.22. The second-order valence-corrected chi connectivity index (χ2v) is 7.46. The van der Waals surface area contributed by atoms with Crippen molar-refractivity contribution in [1.82, 2.24) is 19.6 Å². The van der Waals surface area contributed by atoms with Crippen molar-refractivity contribution in [3.63, 3.8) is 0 Å². The van der Waals surface area contributed by atoms with Gasteiger partial charge < -0.3 is 10.0 Å². The summed E-state index contributed by atoms with van der Waals surface area (Å²) >= 11 is 0. The van der Waals surface area contributed by atoms with Gasteiger partial charge in [0, 0.05) is 24.8 Å². The first-order valence-electron chi connectivity index (χ1n) is 9.95. The Morgan fingerprint density at radius 2 is 1.89 bits per heavy atom. The van der Waals surface area contributed by atoms with Crippen LogP contribution in [-0.2, 0) is 12.8 Å². The van der Waals surface area contributed by atoms with Crippen LogP contribution in [0.4, 0.5) is 5.82 Å². The third-order valence-electron chi connectivity index (χ3n) is 5.51. The van der Waals surface area contributed by atoms with Crippen LogP contribution in [0.5, 0.6) is 5.75 Å². The Balaban J connectivity index is 1.39. The van der Waals surface area contributed by atoms with Crippen molar-refractivity contribution in [3.8, 4) is 5.75 Å².